The SMILES string of the molecule is CN(c1ccc(NC(=O)c2ccc(F)c(F)c2F)nc1)C1CCS(=O)(=O)C1. The molecule has 1 aromatic heterocycles. The Kier molecular flexibility index (Phi) is 5.09. The molecule has 1 atom stereocenters. The summed E-state index contributed by atoms with van der Waals surface area (Å²) in [4.78, 5) is 17.9. The Morgan fingerprint density at radius 3 is 2.52 bits per heavy atom. The van der Waals surface area contributed by atoms with E-state index in [0.717, 1.165) is 6.07 Å². The molecule has 1 aromatic carbocycles. The number of halogens is 3. The van der Waals surface area contributed by atoms with Crippen LogP contribution in [0.2, 0.25) is 0 Å². The first-order valence-corrected chi connectivity index (χ1v) is 9.84. The van der Waals surface area contributed by atoms with E-state index in [1.54, 1.807) is 18.0 Å². The van der Waals surface area contributed by atoms with Gasteiger partial charge in [0.2, 0.25) is 0 Å². The quantitative estimate of drug-likeness (QED) is 0.799. The molecule has 0 radical (unpaired) electrons. The molecule has 1 aliphatic heterocycles. The second-order valence-electron chi connectivity index (χ2n) is 6.25. The number of benzene rings is 1. The zero-order valence-electron chi connectivity index (χ0n) is 14.2. The van der Waals surface area contributed by atoms with Crippen molar-refractivity contribution in [3.8, 4) is 0 Å². The number of rotatable bonds is 4. The number of aromatic nitrogens is 1. The van der Waals surface area contributed by atoms with E-state index in [9.17, 15) is 26.4 Å². The molecule has 0 saturated carbocycles. The Hall–Kier alpha value is -2.62. The molecule has 10 heteroatoms. The van der Waals surface area contributed by atoms with Gasteiger partial charge in [0.25, 0.3) is 5.91 Å². The van der Waals surface area contributed by atoms with Crippen LogP contribution in [0.1, 0.15) is 16.8 Å². The minimum absolute atomic E-state index is 0.0669. The summed E-state index contributed by atoms with van der Waals surface area (Å²) in [6, 6.07) is 4.41. The normalized spacial score (nSPS) is 18.3. The van der Waals surface area contributed by atoms with Crippen molar-refractivity contribution in [1.29, 1.82) is 0 Å². The third kappa shape index (κ3) is 4.05. The number of nitrogens with zero attached hydrogens (tertiary/aromatic N) is 2. The van der Waals surface area contributed by atoms with Gasteiger partial charge in [0.05, 0.1) is 29.0 Å². The van der Waals surface area contributed by atoms with Crippen LogP contribution < -0.4 is 10.2 Å². The maximum atomic E-state index is 13.7. The van der Waals surface area contributed by atoms with Gasteiger partial charge in [-0.3, -0.25) is 4.79 Å². The largest absolute Gasteiger partial charge is 0.369 e. The molecule has 2 aromatic rings. The number of anilines is 2. The summed E-state index contributed by atoms with van der Waals surface area (Å²) in [5.41, 5.74) is 0.00200. The first-order valence-electron chi connectivity index (χ1n) is 8.02. The third-order valence-corrected chi connectivity index (χ3v) is 6.18. The van der Waals surface area contributed by atoms with E-state index in [2.05, 4.69) is 10.3 Å². The number of sulfone groups is 1. The van der Waals surface area contributed by atoms with Gasteiger partial charge in [-0.1, -0.05) is 0 Å². The molecule has 144 valence electrons. The Balaban J connectivity index is 1.71. The Morgan fingerprint density at radius 2 is 1.93 bits per heavy atom. The lowest BCUT2D eigenvalue weighted by atomic mass is 10.2. The number of carbonyl (C=O) groups is 1. The monoisotopic (exact) mass is 399 g/mol. The van der Waals surface area contributed by atoms with Crippen molar-refractivity contribution in [2.24, 2.45) is 0 Å². The molecule has 0 bridgehead atoms. The highest BCUT2D eigenvalue weighted by Gasteiger charge is 2.31. The van der Waals surface area contributed by atoms with Gasteiger partial charge in [-0.05, 0) is 30.7 Å². The zero-order chi connectivity index (χ0) is 19.8. The van der Waals surface area contributed by atoms with Crippen molar-refractivity contribution in [3.05, 3.63) is 53.5 Å². The molecule has 1 amide bonds. The van der Waals surface area contributed by atoms with E-state index in [4.69, 9.17) is 0 Å². The molecule has 1 saturated heterocycles. The van der Waals surface area contributed by atoms with Crippen LogP contribution in [0.15, 0.2) is 30.5 Å². The van der Waals surface area contributed by atoms with Crippen molar-refractivity contribution in [2.45, 2.75) is 12.5 Å². The van der Waals surface area contributed by atoms with Crippen LogP contribution in [0.25, 0.3) is 0 Å². The highest BCUT2D eigenvalue weighted by atomic mass is 32.2. The molecule has 3 rings (SSSR count). The minimum Gasteiger partial charge on any atom is -0.369 e. The predicted molar refractivity (Wildman–Crippen MR) is 94.0 cm³/mol. The average Bonchev–Trinajstić information content (AvgIpc) is 2.99. The molecular formula is C17H16F3N3O3S. The maximum Gasteiger partial charge on any atom is 0.259 e. The number of hydrogen-bond donors (Lipinski definition) is 1. The van der Waals surface area contributed by atoms with Gasteiger partial charge < -0.3 is 10.2 Å². The van der Waals surface area contributed by atoms with Crippen molar-refractivity contribution < 1.29 is 26.4 Å². The highest BCUT2D eigenvalue weighted by molar-refractivity contribution is 7.91. The van der Waals surface area contributed by atoms with Crippen LogP contribution in [-0.2, 0) is 9.84 Å². The standard InChI is InChI=1S/C17H16F3N3O3S/c1-23(11-6-7-27(25,26)9-11)10-2-5-14(21-8-10)22-17(24)12-3-4-13(18)16(20)15(12)19/h2-5,8,11H,6-7,9H2,1H3,(H,21,22,24). The van der Waals surface area contributed by atoms with Crippen molar-refractivity contribution in [3.63, 3.8) is 0 Å². The number of carbonyl (C=O) groups excluding carboxylic acids is 1. The smallest absolute Gasteiger partial charge is 0.259 e. The molecule has 1 N–H and O–H groups in total. The summed E-state index contributed by atoms with van der Waals surface area (Å²) in [7, 11) is -1.28. The van der Waals surface area contributed by atoms with Gasteiger partial charge in [-0.2, -0.15) is 0 Å². The molecule has 27 heavy (non-hydrogen) atoms. The predicted octanol–water partition coefficient (Wildman–Crippen LogP) is 2.37. The lowest BCUT2D eigenvalue weighted by Crippen LogP contribution is -2.32. The van der Waals surface area contributed by atoms with Crippen molar-refractivity contribution in [2.75, 3.05) is 28.8 Å². The van der Waals surface area contributed by atoms with Gasteiger partial charge in [0, 0.05) is 13.1 Å². The van der Waals surface area contributed by atoms with E-state index in [-0.39, 0.29) is 23.4 Å². The van der Waals surface area contributed by atoms with E-state index in [0.29, 0.717) is 18.2 Å². The van der Waals surface area contributed by atoms with Gasteiger partial charge in [-0.15, -0.1) is 0 Å². The van der Waals surface area contributed by atoms with E-state index in [1.807, 2.05) is 0 Å². The van der Waals surface area contributed by atoms with Crippen molar-refractivity contribution >= 4 is 27.2 Å². The molecule has 0 aliphatic carbocycles. The molecular weight excluding hydrogens is 383 g/mol. The second-order valence-corrected chi connectivity index (χ2v) is 8.48. The summed E-state index contributed by atoms with van der Waals surface area (Å²) in [6.07, 6.45) is 1.95. The molecule has 1 aliphatic rings. The van der Waals surface area contributed by atoms with Gasteiger partial charge in [-0.25, -0.2) is 26.6 Å². The van der Waals surface area contributed by atoms with Gasteiger partial charge in [0.15, 0.2) is 27.3 Å². The van der Waals surface area contributed by atoms with E-state index >= 15 is 0 Å². The number of nitrogens with one attached hydrogen (secondary N) is 1. The molecule has 1 fully saturated rings. The second kappa shape index (κ2) is 7.18. The summed E-state index contributed by atoms with van der Waals surface area (Å²) in [5.74, 6) is -5.36. The van der Waals surface area contributed by atoms with Crippen LogP contribution in [0.3, 0.4) is 0 Å². The molecule has 2 heterocycles. The number of pyridine rings is 1. The van der Waals surface area contributed by atoms with Crippen LogP contribution in [-0.4, -0.2) is 43.9 Å². The minimum atomic E-state index is -3.03. The van der Waals surface area contributed by atoms with Crippen molar-refractivity contribution in [1.82, 2.24) is 4.98 Å². The van der Waals surface area contributed by atoms with Crippen LogP contribution in [0.5, 0.6) is 0 Å². The number of amides is 1. The fraction of sp³-hybridized carbons (Fsp3) is 0.294. The lowest BCUT2D eigenvalue weighted by Gasteiger charge is -2.25. The molecule has 6 nitrogen and oxygen atoms in total. The Morgan fingerprint density at radius 1 is 1.19 bits per heavy atom. The topological polar surface area (TPSA) is 79.4 Å². The van der Waals surface area contributed by atoms with Crippen LogP contribution in [0, 0.1) is 17.5 Å². The third-order valence-electron chi connectivity index (χ3n) is 4.43. The highest BCUT2D eigenvalue weighted by Crippen LogP contribution is 2.23. The summed E-state index contributed by atoms with van der Waals surface area (Å²) in [5, 5.41) is 2.30. The number of hydrogen-bond acceptors (Lipinski definition) is 5. The average molecular weight is 399 g/mol. The maximum absolute atomic E-state index is 13.7. The fourth-order valence-corrected chi connectivity index (χ4v) is 4.62. The lowest BCUT2D eigenvalue weighted by molar-refractivity contribution is 0.102. The van der Waals surface area contributed by atoms with E-state index in [1.165, 1.54) is 12.3 Å². The van der Waals surface area contributed by atoms with E-state index < -0.39 is 38.8 Å². The first-order chi connectivity index (χ1) is 12.7. The summed E-state index contributed by atoms with van der Waals surface area (Å²) >= 11 is 0. The summed E-state index contributed by atoms with van der Waals surface area (Å²) < 4.78 is 63.0. The Labute approximate surface area is 153 Å². The Bertz CT molecular complexity index is 981. The zero-order valence-corrected chi connectivity index (χ0v) is 15.1. The molecule has 0 spiro atoms. The van der Waals surface area contributed by atoms with Crippen LogP contribution in [0.4, 0.5) is 24.7 Å². The summed E-state index contributed by atoms with van der Waals surface area (Å²) in [6.45, 7) is 0. The van der Waals surface area contributed by atoms with Crippen LogP contribution >= 0.6 is 0 Å². The van der Waals surface area contributed by atoms with Gasteiger partial charge in [0.1, 0.15) is 5.82 Å². The first kappa shape index (κ1) is 19.2. The fourth-order valence-electron chi connectivity index (χ4n) is 2.85. The van der Waals surface area contributed by atoms with Gasteiger partial charge >= 0.3 is 0 Å². The molecule has 1 unspecified atom stereocenters.